The largest absolute Gasteiger partial charge is 0.508 e. The monoisotopic (exact) mass is 757 g/mol. The first kappa shape index (κ1) is 44.0. The van der Waals surface area contributed by atoms with Crippen LogP contribution in [0.15, 0.2) is 24.3 Å². The Morgan fingerprint density at radius 3 is 2.04 bits per heavy atom. The second-order valence-corrected chi connectivity index (χ2v) is 15.5. The fraction of sp³-hybridized carbons (Fsp3) is 0.694. The van der Waals surface area contributed by atoms with E-state index in [1.54, 1.807) is 39.8 Å². The number of likely N-dealkylation sites (tertiary alicyclic amines) is 1. The van der Waals surface area contributed by atoms with Gasteiger partial charge in [0.05, 0.1) is 0 Å². The summed E-state index contributed by atoms with van der Waals surface area (Å²) >= 11 is 11.5. The number of aromatic hydroxyl groups is 1. The lowest BCUT2D eigenvalue weighted by Crippen LogP contribution is -2.61. The highest BCUT2D eigenvalue weighted by atomic mass is 35.5. The van der Waals surface area contributed by atoms with Gasteiger partial charge in [0, 0.05) is 33.1 Å². The zero-order valence-electron chi connectivity index (χ0n) is 30.6. The molecule has 6 atom stereocenters. The molecule has 51 heavy (non-hydrogen) atoms. The Morgan fingerprint density at radius 1 is 0.922 bits per heavy atom. The number of alkyl halides is 2. The van der Waals surface area contributed by atoms with Crippen LogP contribution < -0.4 is 11.1 Å². The molecule has 15 heteroatoms. The van der Waals surface area contributed by atoms with Gasteiger partial charge in [-0.05, 0) is 55.2 Å². The van der Waals surface area contributed by atoms with Crippen molar-refractivity contribution < 1.29 is 39.3 Å². The maximum Gasteiger partial charge on any atom is 0.326 e. The predicted molar refractivity (Wildman–Crippen MR) is 196 cm³/mol. The van der Waals surface area contributed by atoms with Crippen molar-refractivity contribution in [2.45, 2.75) is 127 Å². The highest BCUT2D eigenvalue weighted by Crippen LogP contribution is 2.24. The van der Waals surface area contributed by atoms with Crippen molar-refractivity contribution in [1.82, 2.24) is 20.0 Å². The lowest BCUT2D eigenvalue weighted by Gasteiger charge is -2.39. The lowest BCUT2D eigenvalue weighted by molar-refractivity contribution is -0.155. The number of benzene rings is 1. The molecule has 0 radical (unpaired) electrons. The number of phenolic OH excluding ortho intramolecular Hbond substituents is 1. The van der Waals surface area contributed by atoms with Crippen LogP contribution in [0.2, 0.25) is 0 Å². The maximum atomic E-state index is 14.3. The van der Waals surface area contributed by atoms with E-state index < -0.39 is 82.6 Å². The molecule has 1 unspecified atom stereocenters. The maximum absolute atomic E-state index is 14.3. The molecular formula is C36H57Cl2N5O8. The number of nitrogens with two attached hydrogens (primary N) is 1. The molecule has 0 aromatic heterocycles. The van der Waals surface area contributed by atoms with Gasteiger partial charge in [0.25, 0.3) is 5.91 Å². The van der Waals surface area contributed by atoms with E-state index in [2.05, 4.69) is 5.32 Å². The summed E-state index contributed by atoms with van der Waals surface area (Å²) in [5, 5.41) is 32.9. The molecule has 1 saturated heterocycles. The topological polar surface area (TPSA) is 194 Å². The second-order valence-electron chi connectivity index (χ2n) is 14.2. The van der Waals surface area contributed by atoms with Crippen molar-refractivity contribution in [3.8, 4) is 5.75 Å². The molecule has 13 nitrogen and oxygen atoms in total. The molecule has 4 amide bonds. The molecule has 1 fully saturated rings. The van der Waals surface area contributed by atoms with Crippen LogP contribution in [0.1, 0.15) is 84.6 Å². The summed E-state index contributed by atoms with van der Waals surface area (Å²) in [6.07, 6.45) is 3.62. The number of unbranched alkanes of at least 4 members (excludes halogenated alkanes) is 3. The van der Waals surface area contributed by atoms with Crippen molar-refractivity contribution in [3.05, 3.63) is 29.8 Å². The van der Waals surface area contributed by atoms with E-state index in [9.17, 15) is 39.3 Å². The smallest absolute Gasteiger partial charge is 0.326 e. The Bertz CT molecular complexity index is 1310. The van der Waals surface area contributed by atoms with Gasteiger partial charge in [-0.3, -0.25) is 19.2 Å². The molecule has 0 saturated carbocycles. The van der Waals surface area contributed by atoms with E-state index in [1.165, 1.54) is 40.9 Å². The molecule has 1 aliphatic rings. The Kier molecular flexibility index (Phi) is 18.0. The van der Waals surface area contributed by atoms with Crippen LogP contribution >= 0.6 is 23.2 Å². The summed E-state index contributed by atoms with van der Waals surface area (Å²) in [4.78, 5) is 70.8. The summed E-state index contributed by atoms with van der Waals surface area (Å²) in [6, 6.07) is 1.02. The normalized spacial score (nSPS) is 17.6. The molecule has 2 rings (SSSR count). The molecular weight excluding hydrogens is 701 g/mol. The summed E-state index contributed by atoms with van der Waals surface area (Å²) in [6.45, 7) is 7.20. The average molecular weight is 759 g/mol. The molecule has 0 aliphatic carbocycles. The minimum Gasteiger partial charge on any atom is -0.508 e. The Balaban J connectivity index is 2.25. The third-order valence-corrected chi connectivity index (χ3v) is 9.99. The number of hydrogen-bond acceptors (Lipinski definition) is 8. The van der Waals surface area contributed by atoms with Gasteiger partial charge in [-0.2, -0.15) is 0 Å². The fourth-order valence-corrected chi connectivity index (χ4v) is 6.79. The van der Waals surface area contributed by atoms with Crippen molar-refractivity contribution in [3.63, 3.8) is 0 Å². The van der Waals surface area contributed by atoms with Crippen molar-refractivity contribution in [2.24, 2.45) is 17.6 Å². The summed E-state index contributed by atoms with van der Waals surface area (Å²) < 4.78 is 0. The predicted octanol–water partition coefficient (Wildman–Crippen LogP) is 3.29. The molecule has 6 N–H and O–H groups in total. The van der Waals surface area contributed by atoms with Gasteiger partial charge < -0.3 is 41.1 Å². The number of phenols is 1. The second kappa shape index (κ2) is 20.8. The summed E-state index contributed by atoms with van der Waals surface area (Å²) in [5.41, 5.74) is 6.78. The number of aliphatic hydroxyl groups is 1. The van der Waals surface area contributed by atoms with E-state index in [0.717, 1.165) is 19.3 Å². The van der Waals surface area contributed by atoms with Crippen molar-refractivity contribution in [2.75, 3.05) is 20.6 Å². The van der Waals surface area contributed by atoms with Gasteiger partial charge in [-0.1, -0.05) is 65.5 Å². The highest BCUT2D eigenvalue weighted by molar-refractivity contribution is 6.44. The first-order valence-electron chi connectivity index (χ1n) is 17.8. The van der Waals surface area contributed by atoms with Gasteiger partial charge in [0.2, 0.25) is 17.7 Å². The standard InChI is InChI=1S/C36H57Cl2N5O8/c1-21(2)29(40-32(46)31(45)25(39)12-9-7-8-10-14-28(37)38)34(48)42(6)30(22(3)4)35(49)41(5)27(20-23-15-17-24(44)18-16-23)33(47)43-19-11-13-26(43)36(50)51/h15-18,21-22,25-31,44-45H,7-14,19-20,39H2,1-6H3,(H,40,46)(H,50,51)/t25-,26?,27-,29-,30-,31-/m0/s1. The van der Waals surface area contributed by atoms with Crippen molar-refractivity contribution >= 4 is 52.8 Å². The van der Waals surface area contributed by atoms with Crippen molar-refractivity contribution in [1.29, 1.82) is 0 Å². The van der Waals surface area contributed by atoms with Gasteiger partial charge in [0.1, 0.15) is 40.9 Å². The molecule has 1 heterocycles. The van der Waals surface area contributed by atoms with Crippen LogP contribution in [-0.4, -0.2) is 121 Å². The average Bonchev–Trinajstić information content (AvgIpc) is 3.57. The Hall–Kier alpha value is -3.13. The number of amides is 4. The number of carbonyl (C=O) groups excluding carboxylic acids is 4. The van der Waals surface area contributed by atoms with Crippen LogP contribution in [0.5, 0.6) is 5.75 Å². The number of likely N-dealkylation sites (N-methyl/N-ethyl adjacent to an activating group) is 2. The van der Waals surface area contributed by atoms with Gasteiger partial charge in [-0.15, -0.1) is 23.2 Å². The Morgan fingerprint density at radius 2 is 1.51 bits per heavy atom. The number of nitrogens with one attached hydrogen (secondary N) is 1. The number of carboxylic acid groups (broad SMARTS) is 1. The number of aliphatic hydroxyl groups excluding tert-OH is 1. The van der Waals surface area contributed by atoms with Crippen LogP contribution in [-0.2, 0) is 30.4 Å². The van der Waals surface area contributed by atoms with Gasteiger partial charge in [0.15, 0.2) is 0 Å². The van der Waals surface area contributed by atoms with Crippen LogP contribution in [0.25, 0.3) is 0 Å². The molecule has 0 bridgehead atoms. The minimum absolute atomic E-state index is 0.0254. The zero-order chi connectivity index (χ0) is 38.6. The Labute approximate surface area is 311 Å². The molecule has 1 aromatic rings. The number of aliphatic carboxylic acids is 1. The van der Waals surface area contributed by atoms with Gasteiger partial charge >= 0.3 is 5.97 Å². The van der Waals surface area contributed by atoms with E-state index in [-0.39, 0.29) is 18.7 Å². The lowest BCUT2D eigenvalue weighted by atomic mass is 9.95. The molecule has 1 aromatic carbocycles. The van der Waals surface area contributed by atoms with E-state index in [0.29, 0.717) is 37.7 Å². The van der Waals surface area contributed by atoms with Crippen LogP contribution in [0, 0.1) is 11.8 Å². The molecule has 1 aliphatic heterocycles. The number of nitrogens with zero attached hydrogens (tertiary/aromatic N) is 3. The summed E-state index contributed by atoms with van der Waals surface area (Å²) in [5.74, 6) is -4.39. The third-order valence-electron chi connectivity index (χ3n) is 9.55. The first-order valence-corrected chi connectivity index (χ1v) is 18.6. The highest BCUT2D eigenvalue weighted by Gasteiger charge is 2.43. The number of carboxylic acids is 1. The SMILES string of the molecule is CC(C)[C@H](NC(=O)[C@@H](O)[C@@H](N)CCCCCCC(Cl)Cl)C(=O)N(C)[C@H](C(=O)N(C)[C@@H](Cc1ccc(O)cc1)C(=O)N1CCCC1C(=O)O)C(C)C. The number of carbonyl (C=O) groups is 5. The number of halogens is 2. The fourth-order valence-electron chi connectivity index (χ4n) is 6.48. The number of rotatable bonds is 20. The minimum atomic E-state index is -1.56. The first-order chi connectivity index (χ1) is 23.9. The number of hydrogen-bond donors (Lipinski definition) is 5. The van der Waals surface area contributed by atoms with Crippen LogP contribution in [0.3, 0.4) is 0 Å². The molecule has 0 spiro atoms. The summed E-state index contributed by atoms with van der Waals surface area (Å²) in [7, 11) is 2.91. The van der Waals surface area contributed by atoms with E-state index in [1.807, 2.05) is 0 Å². The quantitative estimate of drug-likeness (QED) is 0.0981. The van der Waals surface area contributed by atoms with Gasteiger partial charge in [-0.25, -0.2) is 4.79 Å². The molecule has 288 valence electrons. The zero-order valence-corrected chi connectivity index (χ0v) is 32.1. The van der Waals surface area contributed by atoms with E-state index >= 15 is 0 Å². The third kappa shape index (κ3) is 12.8. The van der Waals surface area contributed by atoms with E-state index in [4.69, 9.17) is 28.9 Å². The van der Waals surface area contributed by atoms with Crippen LogP contribution in [0.4, 0.5) is 0 Å².